The van der Waals surface area contributed by atoms with Crippen LogP contribution in [0, 0.1) is 3.57 Å². The molecule has 1 aromatic heterocycles. The Kier molecular flexibility index (Phi) is 3.18. The number of fused-ring (bicyclic) bond motifs is 1. The van der Waals surface area contributed by atoms with E-state index in [9.17, 15) is 4.79 Å². The first-order valence-electron chi connectivity index (χ1n) is 4.97. The molecule has 0 saturated heterocycles. The molecule has 0 spiro atoms. The SMILES string of the molecule is CC(C)OC(=O)c1cc2c(I)cccc2o1. The molecule has 2 rings (SSSR count). The summed E-state index contributed by atoms with van der Waals surface area (Å²) < 4.78 is 11.6. The molecule has 0 fully saturated rings. The molecule has 0 atom stereocenters. The number of rotatable bonds is 2. The minimum atomic E-state index is -0.415. The first kappa shape index (κ1) is 11.4. The molecule has 0 aliphatic rings. The molecule has 0 N–H and O–H groups in total. The first-order chi connectivity index (χ1) is 7.58. The Morgan fingerprint density at radius 1 is 1.44 bits per heavy atom. The van der Waals surface area contributed by atoms with Crippen LogP contribution in [0.4, 0.5) is 0 Å². The van der Waals surface area contributed by atoms with Crippen molar-refractivity contribution in [2.24, 2.45) is 0 Å². The average Bonchev–Trinajstić information content (AvgIpc) is 2.61. The van der Waals surface area contributed by atoms with Gasteiger partial charge in [-0.25, -0.2) is 4.79 Å². The average molecular weight is 330 g/mol. The number of hydrogen-bond donors (Lipinski definition) is 0. The Hall–Kier alpha value is -1.04. The number of hydrogen-bond acceptors (Lipinski definition) is 3. The maximum absolute atomic E-state index is 11.6. The van der Waals surface area contributed by atoms with Crippen molar-refractivity contribution in [3.8, 4) is 0 Å². The van der Waals surface area contributed by atoms with Gasteiger partial charge in [0.1, 0.15) is 5.58 Å². The van der Waals surface area contributed by atoms with E-state index in [2.05, 4.69) is 22.6 Å². The highest BCUT2D eigenvalue weighted by atomic mass is 127. The zero-order chi connectivity index (χ0) is 11.7. The van der Waals surface area contributed by atoms with Gasteiger partial charge >= 0.3 is 5.97 Å². The maximum atomic E-state index is 11.6. The van der Waals surface area contributed by atoms with Gasteiger partial charge in [0.05, 0.1) is 6.10 Å². The minimum Gasteiger partial charge on any atom is -0.457 e. The summed E-state index contributed by atoms with van der Waals surface area (Å²) in [6.07, 6.45) is -0.139. The summed E-state index contributed by atoms with van der Waals surface area (Å²) in [6.45, 7) is 3.62. The largest absolute Gasteiger partial charge is 0.457 e. The standard InChI is InChI=1S/C12H11IO3/c1-7(2)15-12(14)11-6-8-9(13)4-3-5-10(8)16-11/h3-7H,1-2H3. The molecule has 16 heavy (non-hydrogen) atoms. The number of carbonyl (C=O) groups is 1. The lowest BCUT2D eigenvalue weighted by Crippen LogP contribution is -2.10. The van der Waals surface area contributed by atoms with Crippen molar-refractivity contribution in [2.75, 3.05) is 0 Å². The van der Waals surface area contributed by atoms with Crippen molar-refractivity contribution in [2.45, 2.75) is 20.0 Å². The molecule has 0 aliphatic heterocycles. The van der Waals surface area contributed by atoms with E-state index < -0.39 is 5.97 Å². The Balaban J connectivity index is 2.40. The molecule has 0 radical (unpaired) electrons. The highest BCUT2D eigenvalue weighted by molar-refractivity contribution is 14.1. The number of esters is 1. The Morgan fingerprint density at radius 2 is 2.19 bits per heavy atom. The van der Waals surface area contributed by atoms with Crippen LogP contribution in [-0.2, 0) is 4.74 Å². The number of carbonyl (C=O) groups excluding carboxylic acids is 1. The fraction of sp³-hybridized carbons (Fsp3) is 0.250. The van der Waals surface area contributed by atoms with Crippen molar-refractivity contribution >= 4 is 39.5 Å². The lowest BCUT2D eigenvalue weighted by molar-refractivity contribution is 0.0344. The van der Waals surface area contributed by atoms with Crippen LogP contribution in [0.5, 0.6) is 0 Å². The molecular weight excluding hydrogens is 319 g/mol. The van der Waals surface area contributed by atoms with Gasteiger partial charge in [-0.1, -0.05) is 6.07 Å². The third-order valence-electron chi connectivity index (χ3n) is 2.05. The third kappa shape index (κ3) is 2.21. The number of ether oxygens (including phenoxy) is 1. The van der Waals surface area contributed by atoms with Gasteiger partial charge in [-0.2, -0.15) is 0 Å². The van der Waals surface area contributed by atoms with Crippen LogP contribution >= 0.6 is 22.6 Å². The van der Waals surface area contributed by atoms with Crippen LogP contribution in [-0.4, -0.2) is 12.1 Å². The number of benzene rings is 1. The van der Waals surface area contributed by atoms with Gasteiger partial charge in [0.2, 0.25) is 5.76 Å². The van der Waals surface area contributed by atoms with E-state index in [0.29, 0.717) is 5.58 Å². The van der Waals surface area contributed by atoms with Gasteiger partial charge in [-0.3, -0.25) is 0 Å². The summed E-state index contributed by atoms with van der Waals surface area (Å²) in [7, 11) is 0. The molecule has 0 aliphatic carbocycles. The van der Waals surface area contributed by atoms with E-state index in [1.54, 1.807) is 6.07 Å². The predicted octanol–water partition coefficient (Wildman–Crippen LogP) is 3.60. The fourth-order valence-corrected chi connectivity index (χ4v) is 2.03. The quantitative estimate of drug-likeness (QED) is 0.624. The second kappa shape index (κ2) is 4.45. The van der Waals surface area contributed by atoms with Crippen LogP contribution in [0.2, 0.25) is 0 Å². The van der Waals surface area contributed by atoms with Crippen molar-refractivity contribution < 1.29 is 13.9 Å². The zero-order valence-electron chi connectivity index (χ0n) is 8.99. The topological polar surface area (TPSA) is 39.4 Å². The van der Waals surface area contributed by atoms with Crippen molar-refractivity contribution in [3.63, 3.8) is 0 Å². The number of halogens is 1. The maximum Gasteiger partial charge on any atom is 0.374 e. The van der Waals surface area contributed by atoms with Crippen LogP contribution < -0.4 is 0 Å². The molecule has 4 heteroatoms. The predicted molar refractivity (Wildman–Crippen MR) is 69.5 cm³/mol. The van der Waals surface area contributed by atoms with Crippen LogP contribution in [0.3, 0.4) is 0 Å². The molecule has 0 unspecified atom stereocenters. The second-order valence-electron chi connectivity index (χ2n) is 3.72. The van der Waals surface area contributed by atoms with E-state index in [-0.39, 0.29) is 11.9 Å². The Bertz CT molecular complexity index is 528. The summed E-state index contributed by atoms with van der Waals surface area (Å²) >= 11 is 2.21. The van der Waals surface area contributed by atoms with Crippen molar-refractivity contribution in [1.29, 1.82) is 0 Å². The molecular formula is C12H11IO3. The van der Waals surface area contributed by atoms with Gasteiger partial charge in [0, 0.05) is 15.0 Å². The third-order valence-corrected chi connectivity index (χ3v) is 2.99. The molecule has 3 nitrogen and oxygen atoms in total. The van der Waals surface area contributed by atoms with Gasteiger partial charge in [-0.15, -0.1) is 0 Å². The molecule has 0 bridgehead atoms. The van der Waals surface area contributed by atoms with Crippen LogP contribution in [0.15, 0.2) is 28.7 Å². The summed E-state index contributed by atoms with van der Waals surface area (Å²) in [6, 6.07) is 7.42. The van der Waals surface area contributed by atoms with E-state index >= 15 is 0 Å². The molecule has 0 saturated carbocycles. The van der Waals surface area contributed by atoms with Gasteiger partial charge in [-0.05, 0) is 48.6 Å². The highest BCUT2D eigenvalue weighted by Crippen LogP contribution is 2.24. The molecule has 84 valence electrons. The van der Waals surface area contributed by atoms with E-state index in [0.717, 1.165) is 8.96 Å². The molecule has 1 heterocycles. The van der Waals surface area contributed by atoms with Crippen LogP contribution in [0.25, 0.3) is 11.0 Å². The van der Waals surface area contributed by atoms with Gasteiger partial charge in [0.15, 0.2) is 0 Å². The minimum absolute atomic E-state index is 0.139. The van der Waals surface area contributed by atoms with Crippen molar-refractivity contribution in [1.82, 2.24) is 0 Å². The Labute approximate surface area is 107 Å². The lowest BCUT2D eigenvalue weighted by atomic mass is 10.2. The number of furan rings is 1. The van der Waals surface area contributed by atoms with E-state index in [1.807, 2.05) is 32.0 Å². The molecule has 0 amide bonds. The van der Waals surface area contributed by atoms with Gasteiger partial charge < -0.3 is 9.15 Å². The van der Waals surface area contributed by atoms with E-state index in [4.69, 9.17) is 9.15 Å². The lowest BCUT2D eigenvalue weighted by Gasteiger charge is -2.04. The van der Waals surface area contributed by atoms with E-state index in [1.165, 1.54) is 0 Å². The summed E-state index contributed by atoms with van der Waals surface area (Å²) in [5, 5.41) is 0.943. The second-order valence-corrected chi connectivity index (χ2v) is 4.88. The molecule has 1 aromatic carbocycles. The summed E-state index contributed by atoms with van der Waals surface area (Å²) in [5.41, 5.74) is 0.711. The van der Waals surface area contributed by atoms with Crippen molar-refractivity contribution in [3.05, 3.63) is 33.6 Å². The molecule has 2 aromatic rings. The fourth-order valence-electron chi connectivity index (χ4n) is 1.40. The summed E-state index contributed by atoms with van der Waals surface area (Å²) in [4.78, 5) is 11.6. The summed E-state index contributed by atoms with van der Waals surface area (Å²) in [5.74, 6) is -0.158. The normalized spacial score (nSPS) is 11.0. The first-order valence-corrected chi connectivity index (χ1v) is 6.05. The van der Waals surface area contributed by atoms with Crippen LogP contribution in [0.1, 0.15) is 24.4 Å². The smallest absolute Gasteiger partial charge is 0.374 e. The Morgan fingerprint density at radius 3 is 2.81 bits per heavy atom. The monoisotopic (exact) mass is 330 g/mol. The highest BCUT2D eigenvalue weighted by Gasteiger charge is 2.15. The zero-order valence-corrected chi connectivity index (χ0v) is 11.1. The van der Waals surface area contributed by atoms with Gasteiger partial charge in [0.25, 0.3) is 0 Å².